The van der Waals surface area contributed by atoms with Gasteiger partial charge in [0.2, 0.25) is 0 Å². The van der Waals surface area contributed by atoms with E-state index < -0.39 is 0 Å². The number of thioether (sulfide) groups is 1. The summed E-state index contributed by atoms with van der Waals surface area (Å²) in [6.45, 7) is 4.62. The Balaban J connectivity index is 2.79. The number of amides is 1. The van der Waals surface area contributed by atoms with Crippen LogP contribution in [0, 0.1) is 0 Å². The van der Waals surface area contributed by atoms with Gasteiger partial charge in [-0.1, -0.05) is 6.07 Å². The quantitative estimate of drug-likeness (QED) is 0.861. The number of hydrogen-bond acceptors (Lipinski definition) is 4. The van der Waals surface area contributed by atoms with Crippen LogP contribution < -0.4 is 10.1 Å². The molecule has 0 bridgehead atoms. The average molecular weight is 269 g/mol. The van der Waals surface area contributed by atoms with Gasteiger partial charge in [0.05, 0.1) is 12.7 Å². The molecule has 0 spiro atoms. The number of aromatic hydroxyl groups is 1. The Labute approximate surface area is 112 Å². The topological polar surface area (TPSA) is 58.6 Å². The van der Waals surface area contributed by atoms with Gasteiger partial charge in [0.25, 0.3) is 5.91 Å². The van der Waals surface area contributed by atoms with E-state index in [1.165, 1.54) is 7.11 Å². The van der Waals surface area contributed by atoms with E-state index in [1.54, 1.807) is 30.0 Å². The van der Waals surface area contributed by atoms with E-state index in [0.29, 0.717) is 12.3 Å². The molecule has 0 aromatic heterocycles. The summed E-state index contributed by atoms with van der Waals surface area (Å²) in [5.74, 6) is -0.125. The maximum absolute atomic E-state index is 12.0. The fourth-order valence-electron chi connectivity index (χ4n) is 1.33. The minimum Gasteiger partial charge on any atom is -0.504 e. The number of phenolic OH excluding ortho intramolecular Hbond substituents is 1. The van der Waals surface area contributed by atoms with Gasteiger partial charge in [-0.15, -0.1) is 0 Å². The lowest BCUT2D eigenvalue weighted by atomic mass is 10.1. The summed E-state index contributed by atoms with van der Waals surface area (Å²) in [5.41, 5.74) is 0.228. The Morgan fingerprint density at radius 3 is 2.72 bits per heavy atom. The van der Waals surface area contributed by atoms with Gasteiger partial charge < -0.3 is 15.2 Å². The number of ether oxygens (including phenoxy) is 1. The van der Waals surface area contributed by atoms with Crippen LogP contribution in [0.15, 0.2) is 18.2 Å². The van der Waals surface area contributed by atoms with E-state index in [9.17, 15) is 9.90 Å². The van der Waals surface area contributed by atoms with Crippen molar-refractivity contribution < 1.29 is 14.6 Å². The molecule has 0 aliphatic rings. The third kappa shape index (κ3) is 3.57. The van der Waals surface area contributed by atoms with Crippen LogP contribution in [0.1, 0.15) is 24.2 Å². The molecular weight excluding hydrogens is 250 g/mol. The SMILES string of the molecule is COc1cccc(C(=O)NCC(C)(C)SC)c1O. The Kier molecular flexibility index (Phi) is 4.90. The molecule has 0 unspecified atom stereocenters. The summed E-state index contributed by atoms with van der Waals surface area (Å²) in [6, 6.07) is 4.85. The number of phenols is 1. The minimum atomic E-state index is -0.298. The maximum Gasteiger partial charge on any atom is 0.255 e. The highest BCUT2D eigenvalue weighted by Gasteiger charge is 2.19. The van der Waals surface area contributed by atoms with Crippen molar-refractivity contribution in [3.05, 3.63) is 23.8 Å². The lowest BCUT2D eigenvalue weighted by Gasteiger charge is -2.22. The number of nitrogens with one attached hydrogen (secondary N) is 1. The molecule has 0 aliphatic heterocycles. The molecule has 0 heterocycles. The first-order chi connectivity index (χ1) is 8.41. The van der Waals surface area contributed by atoms with Gasteiger partial charge in [-0.05, 0) is 32.2 Å². The summed E-state index contributed by atoms with van der Waals surface area (Å²) in [7, 11) is 1.45. The van der Waals surface area contributed by atoms with Crippen LogP contribution in [-0.4, -0.2) is 35.7 Å². The van der Waals surface area contributed by atoms with E-state index >= 15 is 0 Å². The Bertz CT molecular complexity index is 432. The number of carbonyl (C=O) groups is 1. The zero-order valence-electron chi connectivity index (χ0n) is 11.1. The molecular formula is C13H19NO3S. The number of hydrogen-bond donors (Lipinski definition) is 2. The van der Waals surface area contributed by atoms with Gasteiger partial charge in [-0.3, -0.25) is 4.79 Å². The molecule has 1 amide bonds. The second kappa shape index (κ2) is 6.00. The van der Waals surface area contributed by atoms with Crippen LogP contribution in [-0.2, 0) is 0 Å². The monoisotopic (exact) mass is 269 g/mol. The second-order valence-corrected chi connectivity index (χ2v) is 6.02. The third-order valence-corrected chi connectivity index (χ3v) is 3.94. The van der Waals surface area contributed by atoms with Crippen LogP contribution in [0.4, 0.5) is 0 Å². The zero-order valence-corrected chi connectivity index (χ0v) is 11.9. The number of benzene rings is 1. The number of para-hydroxylation sites is 1. The van der Waals surface area contributed by atoms with Crippen molar-refractivity contribution >= 4 is 17.7 Å². The third-order valence-electron chi connectivity index (χ3n) is 2.69. The number of rotatable bonds is 5. The summed E-state index contributed by atoms with van der Waals surface area (Å²) in [6.07, 6.45) is 2.00. The minimum absolute atomic E-state index is 0.0376. The number of carbonyl (C=O) groups excluding carboxylic acids is 1. The second-order valence-electron chi connectivity index (χ2n) is 4.50. The van der Waals surface area contributed by atoms with Gasteiger partial charge in [0.1, 0.15) is 0 Å². The van der Waals surface area contributed by atoms with Crippen LogP contribution in [0.2, 0.25) is 0 Å². The molecule has 0 radical (unpaired) electrons. The highest BCUT2D eigenvalue weighted by Crippen LogP contribution is 2.29. The van der Waals surface area contributed by atoms with Gasteiger partial charge in [0.15, 0.2) is 11.5 Å². The van der Waals surface area contributed by atoms with Gasteiger partial charge >= 0.3 is 0 Å². The Hall–Kier alpha value is -1.36. The lowest BCUT2D eigenvalue weighted by Crippen LogP contribution is -2.36. The maximum atomic E-state index is 12.0. The predicted molar refractivity (Wildman–Crippen MR) is 74.6 cm³/mol. The van der Waals surface area contributed by atoms with E-state index in [2.05, 4.69) is 5.32 Å². The molecule has 0 saturated heterocycles. The Morgan fingerprint density at radius 1 is 1.50 bits per heavy atom. The van der Waals surface area contributed by atoms with Gasteiger partial charge in [0, 0.05) is 11.3 Å². The van der Waals surface area contributed by atoms with Crippen LogP contribution in [0.25, 0.3) is 0 Å². The van der Waals surface area contributed by atoms with E-state index in [-0.39, 0.29) is 22.0 Å². The van der Waals surface area contributed by atoms with Crippen molar-refractivity contribution in [2.45, 2.75) is 18.6 Å². The number of methoxy groups -OCH3 is 1. The summed E-state index contributed by atoms with van der Waals surface area (Å²) in [4.78, 5) is 12.0. The first-order valence-corrected chi connectivity index (χ1v) is 6.83. The summed E-state index contributed by atoms with van der Waals surface area (Å²) >= 11 is 1.67. The standard InChI is InChI=1S/C13H19NO3S/c1-13(2,18-4)8-14-12(16)9-6-5-7-10(17-3)11(9)15/h5-7,15H,8H2,1-4H3,(H,14,16). The van der Waals surface area contributed by atoms with Crippen molar-refractivity contribution in [3.63, 3.8) is 0 Å². The van der Waals surface area contributed by atoms with Crippen molar-refractivity contribution in [1.82, 2.24) is 5.32 Å². The molecule has 0 atom stereocenters. The first kappa shape index (κ1) is 14.7. The van der Waals surface area contributed by atoms with E-state index in [1.807, 2.05) is 20.1 Å². The molecule has 1 rings (SSSR count). The molecule has 1 aromatic carbocycles. The van der Waals surface area contributed by atoms with Gasteiger partial charge in [-0.25, -0.2) is 0 Å². The highest BCUT2D eigenvalue weighted by atomic mass is 32.2. The molecule has 0 aliphatic carbocycles. The fraction of sp³-hybridized carbons (Fsp3) is 0.462. The molecule has 2 N–H and O–H groups in total. The van der Waals surface area contributed by atoms with Crippen LogP contribution in [0.5, 0.6) is 11.5 Å². The molecule has 0 saturated carbocycles. The first-order valence-electron chi connectivity index (χ1n) is 5.60. The van der Waals surface area contributed by atoms with E-state index in [4.69, 9.17) is 4.74 Å². The molecule has 18 heavy (non-hydrogen) atoms. The van der Waals surface area contributed by atoms with Crippen molar-refractivity contribution in [2.24, 2.45) is 0 Å². The van der Waals surface area contributed by atoms with Crippen LogP contribution in [0.3, 0.4) is 0 Å². The van der Waals surface area contributed by atoms with Crippen molar-refractivity contribution in [3.8, 4) is 11.5 Å². The lowest BCUT2D eigenvalue weighted by molar-refractivity contribution is 0.0947. The van der Waals surface area contributed by atoms with Crippen molar-refractivity contribution in [1.29, 1.82) is 0 Å². The summed E-state index contributed by atoms with van der Waals surface area (Å²) in [5, 5.41) is 12.7. The summed E-state index contributed by atoms with van der Waals surface area (Å²) < 4.78 is 4.93. The Morgan fingerprint density at radius 2 is 2.17 bits per heavy atom. The molecule has 1 aromatic rings. The fourth-order valence-corrected chi connectivity index (χ4v) is 1.55. The highest BCUT2D eigenvalue weighted by molar-refractivity contribution is 7.99. The average Bonchev–Trinajstić information content (AvgIpc) is 2.36. The zero-order chi connectivity index (χ0) is 13.8. The normalized spacial score (nSPS) is 11.1. The smallest absolute Gasteiger partial charge is 0.255 e. The van der Waals surface area contributed by atoms with Crippen molar-refractivity contribution in [2.75, 3.05) is 19.9 Å². The largest absolute Gasteiger partial charge is 0.504 e. The molecule has 100 valence electrons. The van der Waals surface area contributed by atoms with Crippen LogP contribution >= 0.6 is 11.8 Å². The molecule has 5 heteroatoms. The molecule has 0 fully saturated rings. The van der Waals surface area contributed by atoms with Gasteiger partial charge in [-0.2, -0.15) is 11.8 Å². The van der Waals surface area contributed by atoms with E-state index in [0.717, 1.165) is 0 Å². The molecule has 4 nitrogen and oxygen atoms in total. The predicted octanol–water partition coefficient (Wildman–Crippen LogP) is 2.27.